The van der Waals surface area contributed by atoms with Gasteiger partial charge in [-0.3, -0.25) is 14.3 Å². The summed E-state index contributed by atoms with van der Waals surface area (Å²) in [5, 5.41) is 31.7. The van der Waals surface area contributed by atoms with Gasteiger partial charge in [-0.15, -0.1) is 0 Å². The van der Waals surface area contributed by atoms with E-state index in [1.165, 1.54) is 10.9 Å². The van der Waals surface area contributed by atoms with Crippen LogP contribution in [0.2, 0.25) is 0 Å². The van der Waals surface area contributed by atoms with Crippen LogP contribution in [0.1, 0.15) is 6.23 Å². The molecule has 11 heteroatoms. The zero-order valence-corrected chi connectivity index (χ0v) is 14.1. The second kappa shape index (κ2) is 8.14. The normalized spacial score (nSPS) is 26.5. The van der Waals surface area contributed by atoms with E-state index in [0.29, 0.717) is 0 Å². The molecule has 2 aromatic rings. The van der Waals surface area contributed by atoms with E-state index in [0.717, 1.165) is 0 Å². The number of allylic oxidation sites excluding steroid dienone is 4. The third-order valence-electron chi connectivity index (χ3n) is 3.96. The molecule has 0 radical (unpaired) electrons. The Hall–Kier alpha value is -2.99. The summed E-state index contributed by atoms with van der Waals surface area (Å²) >= 11 is 0. The predicted molar refractivity (Wildman–Crippen MR) is 96.1 cm³/mol. The summed E-state index contributed by atoms with van der Waals surface area (Å²) in [6, 6.07) is 0. The largest absolute Gasteiger partial charge is 0.394 e. The molecule has 4 atom stereocenters. The Labute approximate surface area is 153 Å². The molecule has 7 N–H and O–H groups in total. The maximum Gasteiger partial charge on any atom is 0.280 e. The first-order valence-electron chi connectivity index (χ1n) is 8.12. The van der Waals surface area contributed by atoms with Crippen molar-refractivity contribution in [2.45, 2.75) is 24.5 Å². The van der Waals surface area contributed by atoms with Gasteiger partial charge in [0.1, 0.15) is 18.3 Å². The molecule has 2 aromatic heterocycles. The van der Waals surface area contributed by atoms with Gasteiger partial charge in [-0.1, -0.05) is 12.2 Å². The van der Waals surface area contributed by atoms with Crippen molar-refractivity contribution in [3.63, 3.8) is 0 Å². The number of aliphatic hydroxyl groups is 3. The molecule has 2 aliphatic rings. The third kappa shape index (κ3) is 3.90. The number of nitrogens with zero attached hydrogens (tertiary/aromatic N) is 3. The van der Waals surface area contributed by atoms with E-state index in [4.69, 9.17) is 15.6 Å². The number of aliphatic hydroxyl groups excluding tert-OH is 3. The zero-order chi connectivity index (χ0) is 19.4. The fraction of sp³-hybridized carbons (Fsp3) is 0.312. The van der Waals surface area contributed by atoms with Crippen LogP contribution in [0.5, 0.6) is 0 Å². The van der Waals surface area contributed by atoms with E-state index in [1.807, 2.05) is 36.7 Å². The lowest BCUT2D eigenvalue weighted by molar-refractivity contribution is -0.0511. The monoisotopic (exact) mass is 376 g/mol. The van der Waals surface area contributed by atoms with Crippen molar-refractivity contribution in [3.8, 4) is 0 Å². The summed E-state index contributed by atoms with van der Waals surface area (Å²) in [4.78, 5) is 21.8. The second-order valence-corrected chi connectivity index (χ2v) is 5.77. The highest BCUT2D eigenvalue weighted by atomic mass is 16.6. The van der Waals surface area contributed by atoms with Crippen LogP contribution in [0.4, 0.5) is 5.95 Å². The number of hydrogen-bond donors (Lipinski definition) is 6. The van der Waals surface area contributed by atoms with Crippen LogP contribution in [0.25, 0.3) is 11.2 Å². The van der Waals surface area contributed by atoms with E-state index in [-0.39, 0.29) is 17.1 Å². The van der Waals surface area contributed by atoms with Crippen molar-refractivity contribution in [2.75, 3.05) is 12.3 Å². The van der Waals surface area contributed by atoms with Crippen molar-refractivity contribution in [2.24, 2.45) is 0 Å². The minimum Gasteiger partial charge on any atom is -0.394 e. The molecular formula is C16H20N6O5. The number of fused-ring (bicyclic) bond motifs is 1. The Balaban J connectivity index is 0.000000253. The number of nitrogen functional groups attached to an aromatic ring is 1. The van der Waals surface area contributed by atoms with Crippen LogP contribution in [0.3, 0.4) is 0 Å². The van der Waals surface area contributed by atoms with Crippen molar-refractivity contribution in [1.29, 1.82) is 0 Å². The summed E-state index contributed by atoms with van der Waals surface area (Å²) in [5.74, 6) is -0.101. The molecule has 0 aromatic carbocycles. The van der Waals surface area contributed by atoms with Crippen molar-refractivity contribution >= 4 is 17.1 Å². The fourth-order valence-electron chi connectivity index (χ4n) is 2.65. The molecule has 0 unspecified atom stereocenters. The molecule has 2 aliphatic heterocycles. The van der Waals surface area contributed by atoms with E-state index >= 15 is 0 Å². The average molecular weight is 376 g/mol. The summed E-state index contributed by atoms with van der Waals surface area (Å²) < 4.78 is 6.64. The topological polar surface area (TPSA) is 172 Å². The van der Waals surface area contributed by atoms with Crippen LogP contribution < -0.4 is 16.6 Å². The number of imidazole rings is 1. The van der Waals surface area contributed by atoms with E-state index < -0.39 is 36.7 Å². The molecule has 1 fully saturated rings. The molecule has 4 rings (SSSR count). The smallest absolute Gasteiger partial charge is 0.280 e. The van der Waals surface area contributed by atoms with E-state index in [1.54, 1.807) is 0 Å². The lowest BCUT2D eigenvalue weighted by atomic mass is 10.1. The van der Waals surface area contributed by atoms with Crippen molar-refractivity contribution < 1.29 is 20.1 Å². The van der Waals surface area contributed by atoms with Crippen LogP contribution in [-0.2, 0) is 4.74 Å². The predicted octanol–water partition coefficient (Wildman–Crippen LogP) is -1.51. The number of rotatable bonds is 2. The molecule has 0 spiro atoms. The first-order chi connectivity index (χ1) is 13.0. The average Bonchev–Trinajstić information content (AvgIpc) is 3.02. The van der Waals surface area contributed by atoms with Crippen LogP contribution in [0, 0.1) is 0 Å². The minimum atomic E-state index is -1.29. The van der Waals surface area contributed by atoms with Gasteiger partial charge < -0.3 is 31.1 Å². The standard InChI is InChI=1S/C10H13N5O5.C6H7N/c11-10-13-7-4(8(19)14-10)12-2-15(7)9-6(18)5(17)3(1-16)20-9;1-2-4-6-7-5-3-1/h2-3,5-6,9,16-18H,1H2,(H3,11,13,14,19);1-7H/t3-,5-,6-,9-;/m1./s1. The second-order valence-electron chi connectivity index (χ2n) is 5.77. The van der Waals surface area contributed by atoms with Gasteiger partial charge in [-0.2, -0.15) is 4.98 Å². The number of anilines is 1. The lowest BCUT2D eigenvalue weighted by Gasteiger charge is -2.16. The molecule has 0 saturated carbocycles. The molecular weight excluding hydrogens is 356 g/mol. The number of nitrogens with two attached hydrogens (primary N) is 1. The fourth-order valence-corrected chi connectivity index (χ4v) is 2.65. The quantitative estimate of drug-likeness (QED) is 0.364. The summed E-state index contributed by atoms with van der Waals surface area (Å²) in [6.45, 7) is -0.447. The van der Waals surface area contributed by atoms with Gasteiger partial charge in [0, 0.05) is 12.4 Å². The van der Waals surface area contributed by atoms with Gasteiger partial charge in [0.15, 0.2) is 17.4 Å². The molecule has 1 saturated heterocycles. The number of nitrogens with one attached hydrogen (secondary N) is 2. The van der Waals surface area contributed by atoms with Crippen LogP contribution in [-0.4, -0.2) is 59.8 Å². The van der Waals surface area contributed by atoms with Gasteiger partial charge in [0.05, 0.1) is 12.9 Å². The van der Waals surface area contributed by atoms with E-state index in [9.17, 15) is 15.0 Å². The molecule has 144 valence electrons. The molecule has 0 amide bonds. The number of H-pyrrole nitrogens is 1. The molecule has 4 heterocycles. The highest BCUT2D eigenvalue weighted by molar-refractivity contribution is 5.70. The lowest BCUT2D eigenvalue weighted by Crippen LogP contribution is -2.33. The van der Waals surface area contributed by atoms with E-state index in [2.05, 4.69) is 20.3 Å². The Morgan fingerprint density at radius 1 is 1.19 bits per heavy atom. The van der Waals surface area contributed by atoms with Gasteiger partial charge in [0.25, 0.3) is 5.56 Å². The summed E-state index contributed by atoms with van der Waals surface area (Å²) in [7, 11) is 0. The van der Waals surface area contributed by atoms with Crippen LogP contribution in [0.15, 0.2) is 47.8 Å². The molecule has 11 nitrogen and oxygen atoms in total. The van der Waals surface area contributed by atoms with Gasteiger partial charge in [0.2, 0.25) is 5.95 Å². The number of aromatic nitrogens is 4. The zero-order valence-electron chi connectivity index (χ0n) is 14.1. The Bertz CT molecular complexity index is 919. The highest BCUT2D eigenvalue weighted by Crippen LogP contribution is 2.30. The number of ether oxygens (including phenoxy) is 1. The van der Waals surface area contributed by atoms with Crippen molar-refractivity contribution in [3.05, 3.63) is 53.4 Å². The van der Waals surface area contributed by atoms with Gasteiger partial charge in [-0.25, -0.2) is 4.98 Å². The van der Waals surface area contributed by atoms with Crippen LogP contribution >= 0.6 is 0 Å². The first-order valence-corrected chi connectivity index (χ1v) is 8.12. The summed E-state index contributed by atoms with van der Waals surface area (Å²) in [5.41, 5.74) is 5.12. The Kier molecular flexibility index (Phi) is 5.66. The minimum absolute atomic E-state index is 0.0388. The van der Waals surface area contributed by atoms with Gasteiger partial charge >= 0.3 is 0 Å². The Morgan fingerprint density at radius 2 is 1.89 bits per heavy atom. The summed E-state index contributed by atoms with van der Waals surface area (Å²) in [6.07, 6.45) is 8.36. The third-order valence-corrected chi connectivity index (χ3v) is 3.96. The highest BCUT2D eigenvalue weighted by Gasteiger charge is 2.44. The Morgan fingerprint density at radius 3 is 2.52 bits per heavy atom. The first kappa shape index (κ1) is 18.8. The maximum absolute atomic E-state index is 11.7. The number of aromatic amines is 1. The number of hydrogen-bond acceptors (Lipinski definition) is 9. The maximum atomic E-state index is 11.7. The molecule has 27 heavy (non-hydrogen) atoms. The van der Waals surface area contributed by atoms with Gasteiger partial charge in [-0.05, 0) is 12.2 Å². The molecule has 0 bridgehead atoms. The molecule has 0 aliphatic carbocycles. The SMILES string of the molecule is C1=CC=CNC=C1.Nc1nc2c(ncn2[C@@H]2O[C@H](CO)[C@@H](O)[C@H]2O)c(=O)[nH]1. The van der Waals surface area contributed by atoms with Crippen molar-refractivity contribution in [1.82, 2.24) is 24.8 Å².